The van der Waals surface area contributed by atoms with Gasteiger partial charge in [0.25, 0.3) is 5.91 Å². The fourth-order valence-electron chi connectivity index (χ4n) is 3.59. The van der Waals surface area contributed by atoms with E-state index in [0.717, 1.165) is 43.4 Å². The molecule has 1 aromatic carbocycles. The highest BCUT2D eigenvalue weighted by Crippen LogP contribution is 2.28. The minimum absolute atomic E-state index is 0.0989. The molecular formula is C20H28N4O. The van der Waals surface area contributed by atoms with Gasteiger partial charge in [0, 0.05) is 17.8 Å². The van der Waals surface area contributed by atoms with E-state index in [4.69, 9.17) is 5.73 Å². The summed E-state index contributed by atoms with van der Waals surface area (Å²) in [7, 11) is 0. The lowest BCUT2D eigenvalue weighted by molar-refractivity contribution is 0.0888. The van der Waals surface area contributed by atoms with Crippen molar-refractivity contribution in [3.63, 3.8) is 0 Å². The molecule has 0 atom stereocenters. The lowest BCUT2D eigenvalue weighted by Crippen LogP contribution is -2.53. The Labute approximate surface area is 149 Å². The highest BCUT2D eigenvalue weighted by molar-refractivity contribution is 5.94. The van der Waals surface area contributed by atoms with Crippen molar-refractivity contribution in [2.75, 3.05) is 6.54 Å². The molecule has 0 aliphatic heterocycles. The molecule has 0 radical (unpaired) electrons. The number of nitrogens with two attached hydrogens (primary N) is 1. The molecule has 0 bridgehead atoms. The molecule has 1 aliphatic carbocycles. The molecule has 5 nitrogen and oxygen atoms in total. The van der Waals surface area contributed by atoms with Gasteiger partial charge in [0.2, 0.25) is 0 Å². The Kier molecular flexibility index (Phi) is 4.95. The Balaban J connectivity index is 1.96. The van der Waals surface area contributed by atoms with E-state index in [1.54, 1.807) is 0 Å². The highest BCUT2D eigenvalue weighted by atomic mass is 16.2. The van der Waals surface area contributed by atoms with Crippen LogP contribution in [0.4, 0.5) is 0 Å². The number of nitrogens with zero attached hydrogens (tertiary/aromatic N) is 2. The molecule has 0 unspecified atom stereocenters. The number of hydrogen-bond acceptors (Lipinski definition) is 3. The maximum Gasteiger partial charge on any atom is 0.272 e. The van der Waals surface area contributed by atoms with Gasteiger partial charge in [-0.1, -0.05) is 31.5 Å². The van der Waals surface area contributed by atoms with Gasteiger partial charge in [0.1, 0.15) is 0 Å². The molecule has 0 spiro atoms. The number of carbonyl (C=O) groups excluding carboxylic acids is 1. The van der Waals surface area contributed by atoms with Gasteiger partial charge in [-0.05, 0) is 51.2 Å². The largest absolute Gasteiger partial charge is 0.344 e. The maximum atomic E-state index is 13.0. The van der Waals surface area contributed by atoms with Crippen LogP contribution in [0, 0.1) is 6.92 Å². The SMILES string of the molecule is CCC(CC)(CN)NC(=O)c1nn(-c2ccc(C)cc2)c2c1CCC2. The molecule has 3 N–H and O–H groups in total. The zero-order valence-corrected chi connectivity index (χ0v) is 15.4. The number of aromatic nitrogens is 2. The van der Waals surface area contributed by atoms with E-state index >= 15 is 0 Å². The smallest absolute Gasteiger partial charge is 0.272 e. The van der Waals surface area contributed by atoms with Crippen LogP contribution >= 0.6 is 0 Å². The summed E-state index contributed by atoms with van der Waals surface area (Å²) < 4.78 is 1.94. The van der Waals surface area contributed by atoms with Gasteiger partial charge in [0.05, 0.1) is 11.2 Å². The standard InChI is InChI=1S/C20H28N4O/c1-4-20(5-2,13-21)22-19(25)18-16-7-6-8-17(16)24(23-18)15-11-9-14(3)10-12-15/h9-12H,4-8,13,21H2,1-3H3,(H,22,25). The van der Waals surface area contributed by atoms with Crippen molar-refractivity contribution in [2.24, 2.45) is 5.73 Å². The molecule has 1 heterocycles. The average Bonchev–Trinajstić information content (AvgIpc) is 3.23. The van der Waals surface area contributed by atoms with Crippen LogP contribution in [0.1, 0.15) is 60.4 Å². The molecular weight excluding hydrogens is 312 g/mol. The van der Waals surface area contributed by atoms with E-state index in [1.165, 1.54) is 11.3 Å². The van der Waals surface area contributed by atoms with Crippen LogP contribution in [0.25, 0.3) is 5.69 Å². The van der Waals surface area contributed by atoms with Crippen LogP contribution in [0.3, 0.4) is 0 Å². The third-order valence-electron chi connectivity index (χ3n) is 5.55. The Morgan fingerprint density at radius 1 is 1.24 bits per heavy atom. The average molecular weight is 340 g/mol. The van der Waals surface area contributed by atoms with E-state index in [1.807, 2.05) is 4.68 Å². The zero-order chi connectivity index (χ0) is 18.0. The number of benzene rings is 1. The molecule has 25 heavy (non-hydrogen) atoms. The van der Waals surface area contributed by atoms with Crippen molar-refractivity contribution in [1.29, 1.82) is 0 Å². The third-order valence-corrected chi connectivity index (χ3v) is 5.55. The molecule has 0 fully saturated rings. The monoisotopic (exact) mass is 340 g/mol. The van der Waals surface area contributed by atoms with Crippen LogP contribution in [0.15, 0.2) is 24.3 Å². The summed E-state index contributed by atoms with van der Waals surface area (Å²) in [6, 6.07) is 8.27. The van der Waals surface area contributed by atoms with E-state index in [9.17, 15) is 4.79 Å². The van der Waals surface area contributed by atoms with Crippen LogP contribution in [-0.2, 0) is 12.8 Å². The first-order chi connectivity index (χ1) is 12.0. The summed E-state index contributed by atoms with van der Waals surface area (Å²) in [6.45, 7) is 6.63. The van der Waals surface area contributed by atoms with E-state index < -0.39 is 0 Å². The quantitative estimate of drug-likeness (QED) is 0.849. The van der Waals surface area contributed by atoms with Gasteiger partial charge < -0.3 is 11.1 Å². The first-order valence-electron chi connectivity index (χ1n) is 9.24. The first-order valence-corrected chi connectivity index (χ1v) is 9.24. The van der Waals surface area contributed by atoms with Gasteiger partial charge in [-0.2, -0.15) is 5.10 Å². The van der Waals surface area contributed by atoms with Crippen LogP contribution < -0.4 is 11.1 Å². The van der Waals surface area contributed by atoms with Crippen LogP contribution in [0.2, 0.25) is 0 Å². The minimum Gasteiger partial charge on any atom is -0.344 e. The van der Waals surface area contributed by atoms with Gasteiger partial charge in [-0.3, -0.25) is 4.79 Å². The number of amides is 1. The predicted molar refractivity (Wildman–Crippen MR) is 100 cm³/mol. The summed E-state index contributed by atoms with van der Waals surface area (Å²) >= 11 is 0. The molecule has 0 saturated heterocycles. The van der Waals surface area contributed by atoms with E-state index in [0.29, 0.717) is 12.2 Å². The second-order valence-corrected chi connectivity index (χ2v) is 7.02. The summed E-state index contributed by atoms with van der Waals surface area (Å²) in [4.78, 5) is 13.0. The summed E-state index contributed by atoms with van der Waals surface area (Å²) in [6.07, 6.45) is 4.58. The second kappa shape index (κ2) is 7.00. The number of hydrogen-bond donors (Lipinski definition) is 2. The fourth-order valence-corrected chi connectivity index (χ4v) is 3.59. The number of rotatable bonds is 6. The van der Waals surface area contributed by atoms with E-state index in [-0.39, 0.29) is 11.4 Å². The Morgan fingerprint density at radius 3 is 2.52 bits per heavy atom. The lowest BCUT2D eigenvalue weighted by Gasteiger charge is -2.31. The Morgan fingerprint density at radius 2 is 1.92 bits per heavy atom. The van der Waals surface area contributed by atoms with Gasteiger partial charge in [-0.25, -0.2) is 4.68 Å². The molecule has 1 aromatic heterocycles. The Bertz CT molecular complexity index is 748. The molecule has 1 amide bonds. The Hall–Kier alpha value is -2.14. The topological polar surface area (TPSA) is 72.9 Å². The first kappa shape index (κ1) is 17.7. The van der Waals surface area contributed by atoms with Crippen LogP contribution in [-0.4, -0.2) is 27.8 Å². The van der Waals surface area contributed by atoms with Crippen molar-refractivity contribution in [1.82, 2.24) is 15.1 Å². The van der Waals surface area contributed by atoms with Gasteiger partial charge in [0.15, 0.2) is 5.69 Å². The predicted octanol–water partition coefficient (Wildman–Crippen LogP) is 2.92. The van der Waals surface area contributed by atoms with Gasteiger partial charge >= 0.3 is 0 Å². The number of carbonyl (C=O) groups is 1. The molecule has 5 heteroatoms. The van der Waals surface area contributed by atoms with Crippen LogP contribution in [0.5, 0.6) is 0 Å². The normalized spacial score (nSPS) is 13.8. The molecule has 3 rings (SSSR count). The molecule has 0 saturated carbocycles. The summed E-state index contributed by atoms with van der Waals surface area (Å²) in [5.41, 5.74) is 10.6. The maximum absolute atomic E-state index is 13.0. The molecule has 2 aromatic rings. The third kappa shape index (κ3) is 3.21. The number of fused-ring (bicyclic) bond motifs is 1. The molecule has 134 valence electrons. The summed E-state index contributed by atoms with van der Waals surface area (Å²) in [5.74, 6) is -0.0989. The highest BCUT2D eigenvalue weighted by Gasteiger charge is 2.32. The van der Waals surface area contributed by atoms with Crippen molar-refractivity contribution in [3.05, 3.63) is 46.8 Å². The van der Waals surface area contributed by atoms with Gasteiger partial charge in [-0.15, -0.1) is 0 Å². The molecule has 1 aliphatic rings. The van der Waals surface area contributed by atoms with Crippen molar-refractivity contribution < 1.29 is 4.79 Å². The fraction of sp³-hybridized carbons (Fsp3) is 0.500. The van der Waals surface area contributed by atoms with Crippen molar-refractivity contribution >= 4 is 5.91 Å². The second-order valence-electron chi connectivity index (χ2n) is 7.02. The zero-order valence-electron chi connectivity index (χ0n) is 15.4. The van der Waals surface area contributed by atoms with Crippen molar-refractivity contribution in [3.8, 4) is 5.69 Å². The summed E-state index contributed by atoms with van der Waals surface area (Å²) in [5, 5.41) is 7.84. The number of nitrogens with one attached hydrogen (secondary N) is 1. The number of aryl methyl sites for hydroxylation is 1. The van der Waals surface area contributed by atoms with E-state index in [2.05, 4.69) is 55.5 Å². The minimum atomic E-state index is -0.351. The van der Waals surface area contributed by atoms with Crippen molar-refractivity contribution in [2.45, 2.75) is 58.4 Å². The lowest BCUT2D eigenvalue weighted by atomic mass is 9.92.